The Balaban J connectivity index is 0.000000774. The summed E-state index contributed by atoms with van der Waals surface area (Å²) >= 11 is 0. The Bertz CT molecular complexity index is 301. The first kappa shape index (κ1) is 17.2. The number of piperidine rings is 1. The van der Waals surface area contributed by atoms with Gasteiger partial charge in [0.2, 0.25) is 0 Å². The Morgan fingerprint density at radius 3 is 1.67 bits per heavy atom. The maximum Gasteiger partial charge on any atom is 0.0224 e. The van der Waals surface area contributed by atoms with E-state index in [1.54, 1.807) is 0 Å². The third kappa shape index (κ3) is 3.80. The minimum atomic E-state index is 0.353. The Morgan fingerprint density at radius 2 is 1.24 bits per heavy atom. The number of piperazine rings is 1. The molecule has 3 fully saturated rings. The number of hydrogen-bond donors (Lipinski definition) is 0. The van der Waals surface area contributed by atoms with Crippen molar-refractivity contribution in [2.24, 2.45) is 0 Å². The van der Waals surface area contributed by atoms with Crippen LogP contribution in [0.15, 0.2) is 0 Å². The molecular weight excluding hydrogens is 258 g/mol. The van der Waals surface area contributed by atoms with Gasteiger partial charge in [0.25, 0.3) is 0 Å². The van der Waals surface area contributed by atoms with Crippen LogP contribution in [0.5, 0.6) is 0 Å². The van der Waals surface area contributed by atoms with E-state index in [0.717, 1.165) is 18.1 Å². The van der Waals surface area contributed by atoms with Gasteiger partial charge < -0.3 is 0 Å². The first-order valence-corrected chi connectivity index (χ1v) is 9.16. The summed E-state index contributed by atoms with van der Waals surface area (Å²) in [6, 6.07) is 2.55. The van der Waals surface area contributed by atoms with Crippen LogP contribution in [0.25, 0.3) is 0 Å². The quantitative estimate of drug-likeness (QED) is 0.736. The zero-order valence-electron chi connectivity index (χ0n) is 15.2. The van der Waals surface area contributed by atoms with Crippen LogP contribution in [0.2, 0.25) is 0 Å². The standard InChI is InChI=1S/C16H31N3.C2H6/c1-16(2,3)19-9-7-13(8-10-19)18-11-14-5-6-15(12-18)17(14)4;1-2/h13-15H,5-12H2,1-4H3;1-2H3. The van der Waals surface area contributed by atoms with Crippen molar-refractivity contribution in [2.45, 2.75) is 84.0 Å². The average molecular weight is 296 g/mol. The summed E-state index contributed by atoms with van der Waals surface area (Å²) < 4.78 is 0. The number of hydrogen-bond acceptors (Lipinski definition) is 3. The second-order valence-corrected chi connectivity index (χ2v) is 7.89. The van der Waals surface area contributed by atoms with Crippen LogP contribution >= 0.6 is 0 Å². The van der Waals surface area contributed by atoms with Crippen molar-refractivity contribution in [3.05, 3.63) is 0 Å². The Morgan fingerprint density at radius 1 is 0.762 bits per heavy atom. The van der Waals surface area contributed by atoms with Crippen molar-refractivity contribution in [1.82, 2.24) is 14.7 Å². The minimum Gasteiger partial charge on any atom is -0.298 e. The van der Waals surface area contributed by atoms with Crippen LogP contribution in [0.4, 0.5) is 0 Å². The second kappa shape index (κ2) is 6.97. The predicted molar refractivity (Wildman–Crippen MR) is 91.8 cm³/mol. The zero-order chi connectivity index (χ0) is 15.6. The van der Waals surface area contributed by atoms with E-state index in [9.17, 15) is 0 Å². The van der Waals surface area contributed by atoms with Gasteiger partial charge in [-0.15, -0.1) is 0 Å². The number of likely N-dealkylation sites (N-methyl/N-ethyl adjacent to an activating group) is 1. The van der Waals surface area contributed by atoms with Gasteiger partial charge in [-0.05, 0) is 53.5 Å². The first-order chi connectivity index (χ1) is 9.95. The molecule has 0 amide bonds. The molecule has 2 bridgehead atoms. The molecule has 3 rings (SSSR count). The summed E-state index contributed by atoms with van der Waals surface area (Å²) in [4.78, 5) is 8.12. The van der Waals surface area contributed by atoms with E-state index in [1.165, 1.54) is 51.9 Å². The minimum absolute atomic E-state index is 0.353. The highest BCUT2D eigenvalue weighted by Crippen LogP contribution is 2.32. The molecule has 0 aromatic heterocycles. The van der Waals surface area contributed by atoms with E-state index in [0.29, 0.717) is 5.54 Å². The van der Waals surface area contributed by atoms with Crippen molar-refractivity contribution in [2.75, 3.05) is 33.2 Å². The van der Waals surface area contributed by atoms with E-state index < -0.39 is 0 Å². The lowest BCUT2D eigenvalue weighted by molar-refractivity contribution is 0.0140. The van der Waals surface area contributed by atoms with Crippen LogP contribution in [0.3, 0.4) is 0 Å². The molecule has 0 N–H and O–H groups in total. The first-order valence-electron chi connectivity index (χ1n) is 9.16. The molecule has 0 spiro atoms. The molecule has 3 nitrogen and oxygen atoms in total. The van der Waals surface area contributed by atoms with Gasteiger partial charge in [-0.25, -0.2) is 0 Å². The number of fused-ring (bicyclic) bond motifs is 2. The Hall–Kier alpha value is -0.120. The van der Waals surface area contributed by atoms with Gasteiger partial charge in [0.1, 0.15) is 0 Å². The van der Waals surface area contributed by atoms with Gasteiger partial charge in [0, 0.05) is 49.8 Å². The van der Waals surface area contributed by atoms with Crippen molar-refractivity contribution in [1.29, 1.82) is 0 Å². The van der Waals surface area contributed by atoms with Gasteiger partial charge >= 0.3 is 0 Å². The fourth-order valence-corrected chi connectivity index (χ4v) is 4.35. The van der Waals surface area contributed by atoms with Crippen LogP contribution in [0.1, 0.15) is 60.3 Å². The van der Waals surface area contributed by atoms with Crippen LogP contribution in [-0.2, 0) is 0 Å². The molecule has 0 aromatic carbocycles. The summed E-state index contributed by atoms with van der Waals surface area (Å²) in [5.41, 5.74) is 0.353. The van der Waals surface area contributed by atoms with Crippen molar-refractivity contribution >= 4 is 0 Å². The van der Waals surface area contributed by atoms with E-state index >= 15 is 0 Å². The van der Waals surface area contributed by atoms with Gasteiger partial charge in [-0.1, -0.05) is 13.8 Å². The van der Waals surface area contributed by atoms with Gasteiger partial charge in [0.15, 0.2) is 0 Å². The largest absolute Gasteiger partial charge is 0.298 e. The monoisotopic (exact) mass is 295 g/mol. The molecule has 21 heavy (non-hydrogen) atoms. The average Bonchev–Trinajstić information content (AvgIpc) is 2.69. The van der Waals surface area contributed by atoms with Gasteiger partial charge in [-0.2, -0.15) is 0 Å². The Labute approximate surface area is 132 Å². The topological polar surface area (TPSA) is 9.72 Å². The van der Waals surface area contributed by atoms with Gasteiger partial charge in [0.05, 0.1) is 0 Å². The molecule has 0 aromatic rings. The van der Waals surface area contributed by atoms with Crippen LogP contribution < -0.4 is 0 Å². The fraction of sp³-hybridized carbons (Fsp3) is 1.00. The molecule has 0 radical (unpaired) electrons. The van der Waals surface area contributed by atoms with Crippen LogP contribution in [-0.4, -0.2) is 71.6 Å². The third-order valence-electron chi connectivity index (χ3n) is 5.81. The second-order valence-electron chi connectivity index (χ2n) is 7.89. The highest BCUT2D eigenvalue weighted by atomic mass is 15.3. The normalized spacial score (nSPS) is 32.9. The number of rotatable bonds is 1. The highest BCUT2D eigenvalue weighted by molar-refractivity contribution is 4.97. The molecule has 124 valence electrons. The van der Waals surface area contributed by atoms with Crippen LogP contribution in [0, 0.1) is 0 Å². The zero-order valence-corrected chi connectivity index (χ0v) is 15.2. The smallest absolute Gasteiger partial charge is 0.0224 e. The van der Waals surface area contributed by atoms with Gasteiger partial charge in [-0.3, -0.25) is 14.7 Å². The van der Waals surface area contributed by atoms with E-state index in [2.05, 4.69) is 42.5 Å². The fourth-order valence-electron chi connectivity index (χ4n) is 4.35. The molecule has 3 heteroatoms. The molecule has 3 aliphatic rings. The number of likely N-dealkylation sites (tertiary alicyclic amines) is 2. The summed E-state index contributed by atoms with van der Waals surface area (Å²) in [6.45, 7) is 16.3. The SMILES string of the molecule is CC.CN1C2CCC1CN(C1CCN(C(C)(C)C)CC1)C2. The number of nitrogens with zero attached hydrogens (tertiary/aromatic N) is 3. The van der Waals surface area contributed by atoms with E-state index in [4.69, 9.17) is 0 Å². The molecule has 3 saturated heterocycles. The Kier molecular flexibility index (Phi) is 5.72. The van der Waals surface area contributed by atoms with Crippen molar-refractivity contribution in [3.63, 3.8) is 0 Å². The molecule has 2 atom stereocenters. The molecular formula is C18H37N3. The molecule has 3 aliphatic heterocycles. The summed E-state index contributed by atoms with van der Waals surface area (Å²) in [6.07, 6.45) is 5.61. The van der Waals surface area contributed by atoms with E-state index in [1.807, 2.05) is 13.8 Å². The molecule has 2 unspecified atom stereocenters. The maximum atomic E-state index is 2.82. The lowest BCUT2D eigenvalue weighted by Gasteiger charge is -2.47. The lowest BCUT2D eigenvalue weighted by Crippen LogP contribution is -2.58. The van der Waals surface area contributed by atoms with E-state index in [-0.39, 0.29) is 0 Å². The summed E-state index contributed by atoms with van der Waals surface area (Å²) in [5, 5.41) is 0. The molecule has 0 aliphatic carbocycles. The summed E-state index contributed by atoms with van der Waals surface area (Å²) in [7, 11) is 2.34. The summed E-state index contributed by atoms with van der Waals surface area (Å²) in [5.74, 6) is 0. The molecule has 0 saturated carbocycles. The third-order valence-corrected chi connectivity index (χ3v) is 5.81. The predicted octanol–water partition coefficient (Wildman–Crippen LogP) is 3.05. The maximum absolute atomic E-state index is 2.82. The van der Waals surface area contributed by atoms with Crippen molar-refractivity contribution < 1.29 is 0 Å². The lowest BCUT2D eigenvalue weighted by atomic mass is 9.96. The van der Waals surface area contributed by atoms with Crippen molar-refractivity contribution in [3.8, 4) is 0 Å². The highest BCUT2D eigenvalue weighted by Gasteiger charge is 2.40. The molecule has 3 heterocycles.